The number of aromatic nitrogens is 3. The van der Waals surface area contributed by atoms with Crippen LogP contribution in [0.4, 0.5) is 4.79 Å². The first kappa shape index (κ1) is 29.9. The zero-order valence-corrected chi connectivity index (χ0v) is 27.0. The molecule has 0 aromatic carbocycles. The van der Waals surface area contributed by atoms with E-state index in [1.807, 2.05) is 0 Å². The van der Waals surface area contributed by atoms with Crippen molar-refractivity contribution in [2.45, 2.75) is 119 Å². The third kappa shape index (κ3) is 3.96. The Bertz CT molecular complexity index is 1290. The first-order valence-corrected chi connectivity index (χ1v) is 16.5. The molecule has 7 nitrogen and oxygen atoms in total. The van der Waals surface area contributed by atoms with Gasteiger partial charge in [0, 0.05) is 18.3 Å². The van der Waals surface area contributed by atoms with E-state index >= 15 is 0 Å². The van der Waals surface area contributed by atoms with Crippen LogP contribution < -0.4 is 0 Å². The molecule has 10 atom stereocenters. The van der Waals surface area contributed by atoms with Gasteiger partial charge in [-0.1, -0.05) is 52.0 Å². The van der Waals surface area contributed by atoms with Crippen LogP contribution in [0.2, 0.25) is 0 Å². The number of carbonyl (C=O) groups excluding carboxylic acids is 1. The van der Waals surface area contributed by atoms with E-state index < -0.39 is 6.09 Å². The normalized spacial score (nSPS) is 45.6. The van der Waals surface area contributed by atoms with Gasteiger partial charge in [0.15, 0.2) is 0 Å². The summed E-state index contributed by atoms with van der Waals surface area (Å²) in [7, 11) is 0. The third-order valence-electron chi connectivity index (χ3n) is 14.9. The second kappa shape index (κ2) is 9.66. The molecule has 0 amide bonds. The molecule has 5 aliphatic rings. The average Bonchev–Trinajstić information content (AvgIpc) is 3.54. The molecule has 0 saturated heterocycles. The molecular formula is C35H53N3O4. The van der Waals surface area contributed by atoms with E-state index in [9.17, 15) is 14.7 Å². The molecule has 0 bridgehead atoms. The zero-order valence-electron chi connectivity index (χ0n) is 27.0. The number of rotatable bonds is 4. The molecule has 5 aliphatic carbocycles. The molecule has 7 heteroatoms. The van der Waals surface area contributed by atoms with Crippen molar-refractivity contribution in [1.82, 2.24) is 15.0 Å². The lowest BCUT2D eigenvalue weighted by molar-refractivity contribution is -0.241. The maximum Gasteiger partial charge on any atom is 0.433 e. The van der Waals surface area contributed by atoms with E-state index in [0.29, 0.717) is 36.2 Å². The van der Waals surface area contributed by atoms with Gasteiger partial charge in [0.1, 0.15) is 0 Å². The Morgan fingerprint density at radius 1 is 0.952 bits per heavy atom. The highest BCUT2D eigenvalue weighted by molar-refractivity contribution is 5.66. The number of ether oxygens (including phenoxy) is 1. The largest absolute Gasteiger partial charge is 0.465 e. The Morgan fingerprint density at radius 2 is 1.69 bits per heavy atom. The van der Waals surface area contributed by atoms with E-state index in [4.69, 9.17) is 4.74 Å². The van der Waals surface area contributed by atoms with Gasteiger partial charge in [-0.2, -0.15) is 4.68 Å². The number of fused-ring (bicyclic) bond motifs is 7. The van der Waals surface area contributed by atoms with Gasteiger partial charge in [0.2, 0.25) is 0 Å². The lowest BCUT2D eigenvalue weighted by Gasteiger charge is -2.73. The van der Waals surface area contributed by atoms with Gasteiger partial charge >= 0.3 is 12.1 Å². The van der Waals surface area contributed by atoms with Crippen molar-refractivity contribution < 1.29 is 19.4 Å². The fraction of sp³-hybridized carbons (Fsp3) is 0.829. The predicted octanol–water partition coefficient (Wildman–Crippen LogP) is 8.11. The number of hydrogen-bond acceptors (Lipinski definition) is 5. The molecule has 1 N–H and O–H groups in total. The second-order valence-electron chi connectivity index (χ2n) is 16.6. The number of esters is 1. The summed E-state index contributed by atoms with van der Waals surface area (Å²) in [6.45, 7) is 21.6. The molecule has 0 spiro atoms. The topological polar surface area (TPSA) is 94.3 Å². The Morgan fingerprint density at radius 3 is 2.33 bits per heavy atom. The van der Waals surface area contributed by atoms with Crippen LogP contribution in [0.5, 0.6) is 0 Å². The summed E-state index contributed by atoms with van der Waals surface area (Å²) >= 11 is 0. The SMILES string of the molecule is C=C(C)[C@@H]1CC[C@]2(COC(C)=O)CC[C@]3(C)[C@H](CC[C@@H]4[C@@]5(C)CC[C@H](c6cn(C(=O)O)nn6)C(C)(C)[C@@H]5CC[C@]43C)[C@@H]12. The van der Waals surface area contributed by atoms with Crippen molar-refractivity contribution in [2.24, 2.45) is 56.7 Å². The van der Waals surface area contributed by atoms with E-state index in [1.54, 1.807) is 13.1 Å². The summed E-state index contributed by atoms with van der Waals surface area (Å²) in [5.74, 6) is 2.96. The van der Waals surface area contributed by atoms with Crippen molar-refractivity contribution in [3.63, 3.8) is 0 Å². The number of nitrogens with zero attached hydrogens (tertiary/aromatic N) is 3. The van der Waals surface area contributed by atoms with Crippen LogP contribution in [0.15, 0.2) is 18.3 Å². The molecule has 232 valence electrons. The quantitative estimate of drug-likeness (QED) is 0.286. The fourth-order valence-electron chi connectivity index (χ4n) is 12.8. The van der Waals surface area contributed by atoms with E-state index in [-0.39, 0.29) is 39.0 Å². The first-order valence-electron chi connectivity index (χ1n) is 16.5. The molecule has 0 aliphatic heterocycles. The molecule has 42 heavy (non-hydrogen) atoms. The Kier molecular flexibility index (Phi) is 6.87. The monoisotopic (exact) mass is 579 g/mol. The van der Waals surface area contributed by atoms with Crippen molar-refractivity contribution in [1.29, 1.82) is 0 Å². The van der Waals surface area contributed by atoms with Crippen LogP contribution in [-0.4, -0.2) is 38.8 Å². The lowest BCUT2D eigenvalue weighted by Crippen LogP contribution is -2.66. The molecule has 1 aromatic heterocycles. The van der Waals surface area contributed by atoms with Crippen LogP contribution in [-0.2, 0) is 9.53 Å². The van der Waals surface area contributed by atoms with Crippen LogP contribution in [0.1, 0.15) is 124 Å². The minimum Gasteiger partial charge on any atom is -0.465 e. The minimum atomic E-state index is -1.08. The van der Waals surface area contributed by atoms with E-state index in [2.05, 4.69) is 58.4 Å². The summed E-state index contributed by atoms with van der Waals surface area (Å²) in [6, 6.07) is 0. The van der Waals surface area contributed by atoms with Crippen molar-refractivity contribution in [3.8, 4) is 0 Å². The van der Waals surface area contributed by atoms with Crippen LogP contribution in [0.25, 0.3) is 0 Å². The highest BCUT2D eigenvalue weighted by atomic mass is 16.5. The number of allylic oxidation sites excluding steroid dienone is 1. The molecule has 0 radical (unpaired) electrons. The summed E-state index contributed by atoms with van der Waals surface area (Å²) in [4.78, 5) is 23.5. The lowest BCUT2D eigenvalue weighted by atomic mass is 9.32. The van der Waals surface area contributed by atoms with Gasteiger partial charge in [-0.05, 0) is 122 Å². The third-order valence-corrected chi connectivity index (χ3v) is 14.9. The molecule has 6 rings (SSSR count). The van der Waals surface area contributed by atoms with Gasteiger partial charge in [-0.15, -0.1) is 5.10 Å². The van der Waals surface area contributed by atoms with E-state index in [0.717, 1.165) is 36.1 Å². The van der Waals surface area contributed by atoms with E-state index in [1.165, 1.54) is 44.1 Å². The summed E-state index contributed by atoms with van der Waals surface area (Å²) < 4.78 is 6.78. The molecule has 1 heterocycles. The van der Waals surface area contributed by atoms with Crippen LogP contribution in [0, 0.1) is 56.7 Å². The maximum absolute atomic E-state index is 12.0. The number of hydrogen-bond donors (Lipinski definition) is 1. The van der Waals surface area contributed by atoms with Gasteiger partial charge in [-0.25, -0.2) is 4.79 Å². The number of carbonyl (C=O) groups is 2. The maximum atomic E-state index is 12.0. The minimum absolute atomic E-state index is 0.00764. The molecule has 0 unspecified atom stereocenters. The standard InChI is InChI=1S/C35H53N3O4/c1-21(2)23-11-16-35(20-42-22(3)39)18-17-33(7)25(29(23)35)9-10-28-32(6)14-12-24(26-19-38(30(40)41)37-36-26)31(4,5)27(32)13-15-34(28,33)8/h19,23-25,27-29H,1,9-18,20H2,2-8H3,(H,40,41)/t23-,24+,25+,27-,28+,29+,32-,33+,34+,35+/m0/s1. The van der Waals surface area contributed by atoms with Gasteiger partial charge in [-0.3, -0.25) is 4.79 Å². The smallest absolute Gasteiger partial charge is 0.433 e. The summed E-state index contributed by atoms with van der Waals surface area (Å²) in [6.07, 6.45) is 12.4. The Balaban J connectivity index is 1.33. The second-order valence-corrected chi connectivity index (χ2v) is 16.6. The molecule has 5 saturated carbocycles. The van der Waals surface area contributed by atoms with Crippen LogP contribution in [0.3, 0.4) is 0 Å². The highest BCUT2D eigenvalue weighted by Crippen LogP contribution is 2.78. The molecular weight excluding hydrogens is 526 g/mol. The summed E-state index contributed by atoms with van der Waals surface area (Å²) in [5.41, 5.74) is 2.99. The van der Waals surface area contributed by atoms with Gasteiger partial charge in [0.25, 0.3) is 0 Å². The average molecular weight is 580 g/mol. The Hall–Kier alpha value is -2.18. The Labute approximate surface area is 252 Å². The van der Waals surface area contributed by atoms with Crippen molar-refractivity contribution >= 4 is 12.1 Å². The number of carboxylic acid groups (broad SMARTS) is 1. The highest BCUT2D eigenvalue weighted by Gasteiger charge is 2.71. The fourth-order valence-corrected chi connectivity index (χ4v) is 12.8. The first-order chi connectivity index (χ1) is 19.6. The molecule has 5 fully saturated rings. The van der Waals surface area contributed by atoms with Gasteiger partial charge < -0.3 is 9.84 Å². The predicted molar refractivity (Wildman–Crippen MR) is 162 cm³/mol. The van der Waals surface area contributed by atoms with Crippen molar-refractivity contribution in [3.05, 3.63) is 24.0 Å². The zero-order chi connectivity index (χ0) is 30.5. The van der Waals surface area contributed by atoms with Crippen molar-refractivity contribution in [2.75, 3.05) is 6.61 Å². The van der Waals surface area contributed by atoms with Crippen LogP contribution >= 0.6 is 0 Å². The molecule has 1 aromatic rings. The van der Waals surface area contributed by atoms with Gasteiger partial charge in [0.05, 0.1) is 18.5 Å². The summed E-state index contributed by atoms with van der Waals surface area (Å²) in [5, 5.41) is 17.7.